The minimum Gasteiger partial charge on any atom is -0.395 e. The molecule has 0 amide bonds. The Bertz CT molecular complexity index is 562. The zero-order chi connectivity index (χ0) is 14.0. The maximum absolute atomic E-state index is 12.3. The van der Waals surface area contributed by atoms with Gasteiger partial charge in [-0.1, -0.05) is 29.3 Å². The first-order valence-corrected chi connectivity index (χ1v) is 8.35. The Kier molecular flexibility index (Phi) is 4.74. The second-order valence-electron chi connectivity index (χ2n) is 4.59. The van der Waals surface area contributed by atoms with Gasteiger partial charge >= 0.3 is 0 Å². The van der Waals surface area contributed by atoms with Crippen LogP contribution in [0.25, 0.3) is 0 Å². The second-order valence-corrected chi connectivity index (χ2v) is 7.33. The molecule has 1 aromatic carbocycles. The summed E-state index contributed by atoms with van der Waals surface area (Å²) >= 11 is 11.7. The highest BCUT2D eigenvalue weighted by Crippen LogP contribution is 2.26. The summed E-state index contributed by atoms with van der Waals surface area (Å²) in [5.74, 6) is -0.125. The number of sulfonamides is 1. The average molecular weight is 324 g/mol. The van der Waals surface area contributed by atoms with Gasteiger partial charge in [0.2, 0.25) is 10.0 Å². The van der Waals surface area contributed by atoms with Gasteiger partial charge in [0.05, 0.1) is 22.4 Å². The summed E-state index contributed by atoms with van der Waals surface area (Å²) < 4.78 is 26.0. The minimum absolute atomic E-state index is 0.125. The Hall–Kier alpha value is -0.330. The highest BCUT2D eigenvalue weighted by Gasteiger charge is 2.33. The van der Waals surface area contributed by atoms with E-state index in [1.807, 2.05) is 0 Å². The number of benzene rings is 1. The molecule has 2 rings (SSSR count). The summed E-state index contributed by atoms with van der Waals surface area (Å²) in [6.45, 7) is 0.329. The number of halogens is 2. The predicted molar refractivity (Wildman–Crippen MR) is 75.9 cm³/mol. The van der Waals surface area contributed by atoms with E-state index in [0.29, 0.717) is 28.6 Å². The van der Waals surface area contributed by atoms with Crippen molar-refractivity contribution < 1.29 is 13.5 Å². The van der Waals surface area contributed by atoms with Crippen molar-refractivity contribution in [3.05, 3.63) is 33.8 Å². The first-order valence-electron chi connectivity index (χ1n) is 5.98. The van der Waals surface area contributed by atoms with Crippen molar-refractivity contribution in [1.29, 1.82) is 0 Å². The number of rotatable bonds is 4. The van der Waals surface area contributed by atoms with Crippen LogP contribution < -0.4 is 0 Å². The Morgan fingerprint density at radius 2 is 2.05 bits per heavy atom. The van der Waals surface area contributed by atoms with E-state index in [4.69, 9.17) is 23.2 Å². The minimum atomic E-state index is -3.43. The van der Waals surface area contributed by atoms with Crippen LogP contribution in [0.5, 0.6) is 0 Å². The molecule has 1 N–H and O–H groups in total. The fourth-order valence-electron chi connectivity index (χ4n) is 2.28. The van der Waals surface area contributed by atoms with Crippen LogP contribution in [-0.2, 0) is 15.8 Å². The molecule has 0 saturated carbocycles. The van der Waals surface area contributed by atoms with Gasteiger partial charge in [-0.3, -0.25) is 0 Å². The van der Waals surface area contributed by atoms with Gasteiger partial charge in [-0.05, 0) is 30.5 Å². The number of hydrogen-bond acceptors (Lipinski definition) is 3. The van der Waals surface area contributed by atoms with Gasteiger partial charge in [0.25, 0.3) is 0 Å². The van der Waals surface area contributed by atoms with Crippen LogP contribution in [0.15, 0.2) is 18.2 Å². The summed E-state index contributed by atoms with van der Waals surface area (Å²) in [7, 11) is -3.43. The normalized spacial score (nSPS) is 20.9. The maximum atomic E-state index is 12.3. The van der Waals surface area contributed by atoms with Gasteiger partial charge in [0.15, 0.2) is 0 Å². The van der Waals surface area contributed by atoms with E-state index in [2.05, 4.69) is 0 Å². The lowest BCUT2D eigenvalue weighted by atomic mass is 10.2. The number of aliphatic hydroxyl groups excluding tert-OH is 1. The molecule has 0 aliphatic carbocycles. The molecule has 1 heterocycles. The fourth-order valence-corrected chi connectivity index (χ4v) is 4.40. The predicted octanol–water partition coefficient (Wildman–Crippen LogP) is 2.28. The molecule has 1 atom stereocenters. The van der Waals surface area contributed by atoms with Crippen molar-refractivity contribution in [3.63, 3.8) is 0 Å². The van der Waals surface area contributed by atoms with Crippen LogP contribution in [0.2, 0.25) is 10.0 Å². The lowest BCUT2D eigenvalue weighted by molar-refractivity contribution is 0.213. The first-order chi connectivity index (χ1) is 8.94. The maximum Gasteiger partial charge on any atom is 0.218 e. The molecule has 0 unspecified atom stereocenters. The van der Waals surface area contributed by atoms with E-state index in [1.165, 1.54) is 4.31 Å². The molecule has 1 saturated heterocycles. The highest BCUT2D eigenvalue weighted by molar-refractivity contribution is 7.88. The summed E-state index contributed by atoms with van der Waals surface area (Å²) in [6.07, 6.45) is 1.49. The zero-order valence-electron chi connectivity index (χ0n) is 10.2. The molecule has 4 nitrogen and oxygen atoms in total. The molecule has 106 valence electrons. The third kappa shape index (κ3) is 3.41. The molecular weight excluding hydrogens is 309 g/mol. The molecule has 0 bridgehead atoms. The van der Waals surface area contributed by atoms with E-state index in [-0.39, 0.29) is 18.4 Å². The van der Waals surface area contributed by atoms with Gasteiger partial charge in [-0.15, -0.1) is 0 Å². The van der Waals surface area contributed by atoms with E-state index in [9.17, 15) is 13.5 Å². The van der Waals surface area contributed by atoms with E-state index < -0.39 is 10.0 Å². The molecule has 1 aliphatic heterocycles. The van der Waals surface area contributed by atoms with Crippen molar-refractivity contribution in [2.75, 3.05) is 13.2 Å². The summed E-state index contributed by atoms with van der Waals surface area (Å²) in [6, 6.07) is 4.50. The Labute approximate surface area is 123 Å². The van der Waals surface area contributed by atoms with E-state index in [0.717, 1.165) is 6.42 Å². The number of nitrogens with zero attached hydrogens (tertiary/aromatic N) is 1. The Balaban J connectivity index is 2.19. The number of aliphatic hydroxyl groups is 1. The third-order valence-corrected chi connectivity index (χ3v) is 5.86. The van der Waals surface area contributed by atoms with E-state index in [1.54, 1.807) is 18.2 Å². The SMILES string of the molecule is O=S(=O)(Cc1ccc(Cl)c(Cl)c1)N1CCC[C@@H]1CO. The Morgan fingerprint density at radius 3 is 2.68 bits per heavy atom. The van der Waals surface area contributed by atoms with Crippen molar-refractivity contribution in [3.8, 4) is 0 Å². The van der Waals surface area contributed by atoms with E-state index >= 15 is 0 Å². The second kappa shape index (κ2) is 5.97. The van der Waals surface area contributed by atoms with Crippen LogP contribution in [-0.4, -0.2) is 37.0 Å². The van der Waals surface area contributed by atoms with Gasteiger partial charge in [-0.2, -0.15) is 4.31 Å². The van der Waals surface area contributed by atoms with Crippen molar-refractivity contribution in [2.24, 2.45) is 0 Å². The van der Waals surface area contributed by atoms with Crippen LogP contribution in [0, 0.1) is 0 Å². The smallest absolute Gasteiger partial charge is 0.218 e. The van der Waals surface area contributed by atoms with Crippen LogP contribution in [0.3, 0.4) is 0 Å². The van der Waals surface area contributed by atoms with Crippen LogP contribution >= 0.6 is 23.2 Å². The quantitative estimate of drug-likeness (QED) is 0.924. The molecule has 1 aliphatic rings. The fraction of sp³-hybridized carbons (Fsp3) is 0.500. The molecular formula is C12H15Cl2NO3S. The van der Waals surface area contributed by atoms with Gasteiger partial charge in [-0.25, -0.2) is 8.42 Å². The molecule has 7 heteroatoms. The molecule has 19 heavy (non-hydrogen) atoms. The van der Waals surface area contributed by atoms with Crippen molar-refractivity contribution in [2.45, 2.75) is 24.6 Å². The van der Waals surface area contributed by atoms with Crippen LogP contribution in [0.1, 0.15) is 18.4 Å². The Morgan fingerprint density at radius 1 is 1.32 bits per heavy atom. The van der Waals surface area contributed by atoms with Crippen LogP contribution in [0.4, 0.5) is 0 Å². The molecule has 0 spiro atoms. The molecule has 1 aromatic rings. The summed E-state index contributed by atoms with van der Waals surface area (Å²) in [5, 5.41) is 9.94. The standard InChI is InChI=1S/C12H15Cl2NO3S/c13-11-4-3-9(6-12(11)14)8-19(17,18)15-5-1-2-10(15)7-16/h3-4,6,10,16H,1-2,5,7-8H2/t10-/m1/s1. The van der Waals surface area contributed by atoms with Crippen molar-refractivity contribution in [1.82, 2.24) is 4.31 Å². The largest absolute Gasteiger partial charge is 0.395 e. The molecule has 1 fully saturated rings. The van der Waals surface area contributed by atoms with Gasteiger partial charge in [0.1, 0.15) is 0 Å². The number of hydrogen-bond donors (Lipinski definition) is 1. The monoisotopic (exact) mass is 323 g/mol. The average Bonchev–Trinajstić information content (AvgIpc) is 2.82. The van der Waals surface area contributed by atoms with Crippen molar-refractivity contribution >= 4 is 33.2 Å². The van der Waals surface area contributed by atoms with Gasteiger partial charge in [0, 0.05) is 12.6 Å². The zero-order valence-corrected chi connectivity index (χ0v) is 12.5. The lowest BCUT2D eigenvalue weighted by Gasteiger charge is -2.22. The molecule has 0 aromatic heterocycles. The summed E-state index contributed by atoms with van der Waals surface area (Å²) in [5.41, 5.74) is 0.595. The summed E-state index contributed by atoms with van der Waals surface area (Å²) in [4.78, 5) is 0. The molecule has 0 radical (unpaired) electrons. The topological polar surface area (TPSA) is 57.6 Å². The lowest BCUT2D eigenvalue weighted by Crippen LogP contribution is -2.38. The highest BCUT2D eigenvalue weighted by atomic mass is 35.5. The third-order valence-electron chi connectivity index (χ3n) is 3.22. The first kappa shape index (κ1) is 15.1. The van der Waals surface area contributed by atoms with Gasteiger partial charge < -0.3 is 5.11 Å².